The molecule has 38 heavy (non-hydrogen) atoms. The van der Waals surface area contributed by atoms with E-state index in [1.165, 1.54) is 0 Å². The highest BCUT2D eigenvalue weighted by molar-refractivity contribution is 7.85. The summed E-state index contributed by atoms with van der Waals surface area (Å²) in [6.45, 7) is 0.370. The van der Waals surface area contributed by atoms with Crippen LogP contribution in [0.3, 0.4) is 0 Å². The maximum absolute atomic E-state index is 12.5. The topological polar surface area (TPSA) is 178 Å². The van der Waals surface area contributed by atoms with Gasteiger partial charge >= 0.3 is 12.1 Å². The minimum Gasteiger partial charge on any atom is -0.481 e. The number of nitrogens with one attached hydrogen (secondary N) is 2. The molecule has 1 aliphatic rings. The summed E-state index contributed by atoms with van der Waals surface area (Å²) in [4.78, 5) is 35.4. The number of rotatable bonds is 15. The molecule has 0 spiro atoms. The molecule has 0 aromatic heterocycles. The molecule has 13 heteroatoms. The van der Waals surface area contributed by atoms with Crippen LogP contribution in [-0.4, -0.2) is 87.4 Å². The number of hydrogen-bond donors (Lipinski definition) is 4. The lowest BCUT2D eigenvalue weighted by molar-refractivity contribution is -0.138. The smallest absolute Gasteiger partial charge is 0.407 e. The van der Waals surface area contributed by atoms with Gasteiger partial charge < -0.3 is 30.0 Å². The Balaban J connectivity index is 1.48. The van der Waals surface area contributed by atoms with Crippen LogP contribution in [-0.2, 0) is 33.9 Å². The van der Waals surface area contributed by atoms with Crippen LogP contribution in [0.2, 0.25) is 0 Å². The molecule has 0 radical (unpaired) electrons. The number of carboxylic acids is 1. The van der Waals surface area contributed by atoms with Crippen molar-refractivity contribution in [2.75, 3.05) is 45.3 Å². The fourth-order valence-electron chi connectivity index (χ4n) is 4.03. The zero-order valence-corrected chi connectivity index (χ0v) is 21.3. The van der Waals surface area contributed by atoms with Crippen LogP contribution in [0.1, 0.15) is 23.5 Å². The van der Waals surface area contributed by atoms with E-state index in [4.69, 9.17) is 19.3 Å². The van der Waals surface area contributed by atoms with Gasteiger partial charge in [0.05, 0.1) is 32.8 Å². The molecule has 1 aliphatic carbocycles. The Bertz CT molecular complexity index is 1190. The lowest BCUT2D eigenvalue weighted by Gasteiger charge is -2.19. The van der Waals surface area contributed by atoms with Gasteiger partial charge in [0.25, 0.3) is 10.1 Å². The molecular weight excluding hydrogens is 520 g/mol. The zero-order valence-electron chi connectivity index (χ0n) is 20.5. The van der Waals surface area contributed by atoms with Gasteiger partial charge in [-0.2, -0.15) is 8.42 Å². The molecule has 4 N–H and O–H groups in total. The number of ether oxygens (including phenoxy) is 3. The van der Waals surface area contributed by atoms with Crippen LogP contribution in [0, 0.1) is 0 Å². The van der Waals surface area contributed by atoms with Gasteiger partial charge in [-0.15, -0.1) is 0 Å². The predicted octanol–water partition coefficient (Wildman–Crippen LogP) is 1.41. The average molecular weight is 551 g/mol. The summed E-state index contributed by atoms with van der Waals surface area (Å²) in [7, 11) is -4.60. The molecule has 0 heterocycles. The standard InChI is InChI=1S/C25H30N2O10S/c28-23(29)9-11-35-13-14-36-12-10-26-24(30)22(16-38(32,33)34)27-25(31)37-15-21-19-7-3-1-5-17(19)18-6-2-4-8-20(18)21/h1-8,21-22H,9-16H2,(H,26,30)(H,27,31)(H,28,29)(H,32,33,34)/t22-/m0/s1. The fourth-order valence-corrected chi connectivity index (χ4v) is 4.68. The summed E-state index contributed by atoms with van der Waals surface area (Å²) in [6, 6.07) is 13.9. The van der Waals surface area contributed by atoms with Crippen molar-refractivity contribution in [1.29, 1.82) is 0 Å². The van der Waals surface area contributed by atoms with Crippen LogP contribution >= 0.6 is 0 Å². The number of hydrogen-bond acceptors (Lipinski definition) is 8. The number of alkyl carbamates (subject to hydrolysis) is 1. The van der Waals surface area contributed by atoms with Crippen LogP contribution < -0.4 is 10.6 Å². The van der Waals surface area contributed by atoms with Gasteiger partial charge in [0.15, 0.2) is 0 Å². The molecule has 206 valence electrons. The van der Waals surface area contributed by atoms with Gasteiger partial charge in [-0.25, -0.2) is 4.79 Å². The second-order valence-corrected chi connectivity index (χ2v) is 9.93. The van der Waals surface area contributed by atoms with Crippen LogP contribution in [0.25, 0.3) is 11.1 Å². The summed E-state index contributed by atoms with van der Waals surface area (Å²) in [6.07, 6.45) is -1.13. The number of aliphatic carboxylic acids is 1. The molecule has 0 saturated heterocycles. The first-order valence-electron chi connectivity index (χ1n) is 11.9. The average Bonchev–Trinajstić information content (AvgIpc) is 3.18. The first-order chi connectivity index (χ1) is 18.2. The fraction of sp³-hybridized carbons (Fsp3) is 0.400. The third-order valence-corrected chi connectivity index (χ3v) is 6.46. The largest absolute Gasteiger partial charge is 0.481 e. The number of amides is 2. The van der Waals surface area contributed by atoms with Gasteiger partial charge in [-0.1, -0.05) is 48.5 Å². The lowest BCUT2D eigenvalue weighted by atomic mass is 9.98. The molecule has 0 saturated carbocycles. The van der Waals surface area contributed by atoms with Crippen LogP contribution in [0.5, 0.6) is 0 Å². The Kier molecular flexibility index (Phi) is 10.6. The minimum atomic E-state index is -4.60. The molecule has 2 aromatic carbocycles. The first kappa shape index (κ1) is 29.0. The molecule has 12 nitrogen and oxygen atoms in total. The van der Waals surface area contributed by atoms with E-state index in [0.717, 1.165) is 22.3 Å². The second-order valence-electron chi connectivity index (χ2n) is 8.43. The number of carbonyl (C=O) groups excluding carboxylic acids is 2. The zero-order chi connectivity index (χ0) is 27.5. The number of carboxylic acid groups (broad SMARTS) is 1. The highest BCUT2D eigenvalue weighted by Crippen LogP contribution is 2.44. The lowest BCUT2D eigenvalue weighted by Crippen LogP contribution is -2.51. The molecule has 1 atom stereocenters. The van der Waals surface area contributed by atoms with Gasteiger partial charge in [-0.3, -0.25) is 14.1 Å². The van der Waals surface area contributed by atoms with Crippen molar-refractivity contribution in [2.45, 2.75) is 18.4 Å². The van der Waals surface area contributed by atoms with Gasteiger partial charge in [0.2, 0.25) is 5.91 Å². The molecule has 0 aliphatic heterocycles. The predicted molar refractivity (Wildman–Crippen MR) is 135 cm³/mol. The summed E-state index contributed by atoms with van der Waals surface area (Å²) >= 11 is 0. The SMILES string of the molecule is O=C(O)CCOCCOCCNC(=O)[C@H](CS(=O)(=O)O)NC(=O)OCC1c2ccccc2-c2ccccc21. The van der Waals surface area contributed by atoms with E-state index in [9.17, 15) is 27.4 Å². The molecule has 0 bridgehead atoms. The maximum Gasteiger partial charge on any atom is 0.407 e. The van der Waals surface area contributed by atoms with Crippen molar-refractivity contribution in [3.05, 3.63) is 59.7 Å². The Morgan fingerprint density at radius 2 is 1.47 bits per heavy atom. The summed E-state index contributed by atoms with van der Waals surface area (Å²) in [5, 5.41) is 13.2. The third kappa shape index (κ3) is 8.80. The van der Waals surface area contributed by atoms with E-state index < -0.39 is 39.9 Å². The number of carbonyl (C=O) groups is 3. The van der Waals surface area contributed by atoms with E-state index in [1.807, 2.05) is 48.5 Å². The van der Waals surface area contributed by atoms with E-state index in [-0.39, 0.29) is 51.9 Å². The van der Waals surface area contributed by atoms with Gasteiger partial charge in [-0.05, 0) is 22.3 Å². The maximum atomic E-state index is 12.5. The van der Waals surface area contributed by atoms with Crippen molar-refractivity contribution in [2.24, 2.45) is 0 Å². The van der Waals surface area contributed by atoms with Gasteiger partial charge in [0, 0.05) is 12.5 Å². The summed E-state index contributed by atoms with van der Waals surface area (Å²) < 4.78 is 47.7. The van der Waals surface area contributed by atoms with E-state index in [1.54, 1.807) is 0 Å². The van der Waals surface area contributed by atoms with E-state index in [2.05, 4.69) is 10.6 Å². The van der Waals surface area contributed by atoms with Crippen molar-refractivity contribution in [1.82, 2.24) is 10.6 Å². The second kappa shape index (κ2) is 13.9. The van der Waals surface area contributed by atoms with Crippen LogP contribution in [0.15, 0.2) is 48.5 Å². The first-order valence-corrected chi connectivity index (χ1v) is 13.5. The van der Waals surface area contributed by atoms with Crippen molar-refractivity contribution in [3.8, 4) is 11.1 Å². The van der Waals surface area contributed by atoms with E-state index in [0.29, 0.717) is 0 Å². The Morgan fingerprint density at radius 3 is 2.05 bits per heavy atom. The van der Waals surface area contributed by atoms with Crippen molar-refractivity contribution < 1.29 is 46.7 Å². The Labute approximate surface area is 220 Å². The quantitative estimate of drug-likeness (QED) is 0.187. The third-order valence-electron chi connectivity index (χ3n) is 5.71. The summed E-state index contributed by atoms with van der Waals surface area (Å²) in [5.41, 5.74) is 4.05. The van der Waals surface area contributed by atoms with Crippen molar-refractivity contribution >= 4 is 28.1 Å². The minimum absolute atomic E-state index is 0.0116. The normalized spacial score (nSPS) is 13.3. The number of benzene rings is 2. The van der Waals surface area contributed by atoms with Gasteiger partial charge in [0.1, 0.15) is 18.4 Å². The van der Waals surface area contributed by atoms with Crippen LogP contribution in [0.4, 0.5) is 4.79 Å². The molecule has 2 aromatic rings. The monoisotopic (exact) mass is 550 g/mol. The molecule has 0 fully saturated rings. The Hall–Kier alpha value is -3.52. The molecular formula is C25H30N2O10S. The molecule has 0 unspecified atom stereocenters. The number of fused-ring (bicyclic) bond motifs is 3. The highest BCUT2D eigenvalue weighted by Gasteiger charge is 2.30. The molecule has 3 rings (SSSR count). The Morgan fingerprint density at radius 1 is 0.895 bits per heavy atom. The van der Waals surface area contributed by atoms with Crippen molar-refractivity contribution in [3.63, 3.8) is 0 Å². The van der Waals surface area contributed by atoms with E-state index >= 15 is 0 Å². The highest BCUT2D eigenvalue weighted by atomic mass is 32.2. The summed E-state index contributed by atoms with van der Waals surface area (Å²) in [5.74, 6) is -3.09. The molecule has 2 amide bonds.